The Hall–Kier alpha value is -2.92. The molecule has 0 aliphatic carbocycles. The Morgan fingerprint density at radius 3 is 2.56 bits per heavy atom. The molecule has 2 heterocycles. The van der Waals surface area contributed by atoms with Crippen molar-refractivity contribution in [1.82, 2.24) is 10.2 Å². The molecule has 0 spiro atoms. The van der Waals surface area contributed by atoms with Gasteiger partial charge in [0.05, 0.1) is 16.6 Å². The third-order valence-corrected chi connectivity index (χ3v) is 4.65. The number of hydrogen-bond donors (Lipinski definition) is 2. The van der Waals surface area contributed by atoms with E-state index < -0.39 is 5.92 Å². The molecule has 0 saturated heterocycles. The van der Waals surface area contributed by atoms with E-state index in [2.05, 4.69) is 15.5 Å². The fourth-order valence-electron chi connectivity index (χ4n) is 3.15. The summed E-state index contributed by atoms with van der Waals surface area (Å²) in [7, 11) is 0. The molecule has 25 heavy (non-hydrogen) atoms. The fourth-order valence-corrected chi connectivity index (χ4v) is 3.38. The summed E-state index contributed by atoms with van der Waals surface area (Å²) in [4.78, 5) is 25.2. The summed E-state index contributed by atoms with van der Waals surface area (Å²) >= 11 is 6.19. The zero-order valence-electron chi connectivity index (χ0n) is 13.1. The van der Waals surface area contributed by atoms with E-state index in [1.165, 1.54) is 0 Å². The number of rotatable bonds is 3. The molecule has 1 unspecified atom stereocenters. The summed E-state index contributed by atoms with van der Waals surface area (Å²) in [6.07, 6.45) is 0.0659. The van der Waals surface area contributed by atoms with Crippen LogP contribution in [0.2, 0.25) is 5.02 Å². The number of anilines is 1. The van der Waals surface area contributed by atoms with Crippen molar-refractivity contribution in [2.75, 3.05) is 5.32 Å². The molecule has 3 aromatic rings. The second-order valence-electron chi connectivity index (χ2n) is 5.88. The van der Waals surface area contributed by atoms with Crippen LogP contribution in [0.5, 0.6) is 0 Å². The molecule has 0 saturated carbocycles. The van der Waals surface area contributed by atoms with Crippen molar-refractivity contribution in [3.8, 4) is 11.3 Å². The van der Waals surface area contributed by atoms with Crippen LogP contribution >= 0.6 is 11.6 Å². The highest BCUT2D eigenvalue weighted by Gasteiger charge is 2.36. The Balaban J connectivity index is 1.84. The number of halogens is 1. The van der Waals surface area contributed by atoms with Gasteiger partial charge in [-0.05, 0) is 17.7 Å². The molecule has 124 valence electrons. The number of nitrogens with zero attached hydrogens (tertiary/aromatic N) is 1. The van der Waals surface area contributed by atoms with Gasteiger partial charge in [-0.15, -0.1) is 0 Å². The van der Waals surface area contributed by atoms with E-state index in [0.29, 0.717) is 22.0 Å². The Bertz CT molecular complexity index is 966. The van der Waals surface area contributed by atoms with Crippen LogP contribution in [0.15, 0.2) is 54.6 Å². The number of benzene rings is 2. The Morgan fingerprint density at radius 2 is 1.80 bits per heavy atom. The van der Waals surface area contributed by atoms with Crippen LogP contribution in [0.3, 0.4) is 0 Å². The first-order valence-electron chi connectivity index (χ1n) is 7.87. The highest BCUT2D eigenvalue weighted by atomic mass is 35.5. The second-order valence-corrected chi connectivity index (χ2v) is 6.28. The number of Topliss-reactive ketones (excluding diaryl/α,β-unsaturated/α-hetero) is 1. The Labute approximate surface area is 149 Å². The van der Waals surface area contributed by atoms with Crippen LogP contribution in [0.1, 0.15) is 28.3 Å². The lowest BCUT2D eigenvalue weighted by molar-refractivity contribution is -0.116. The average Bonchev–Trinajstić information content (AvgIpc) is 3.05. The van der Waals surface area contributed by atoms with E-state index in [0.717, 1.165) is 11.3 Å². The van der Waals surface area contributed by atoms with E-state index in [-0.39, 0.29) is 18.1 Å². The van der Waals surface area contributed by atoms with Crippen LogP contribution < -0.4 is 5.32 Å². The topological polar surface area (TPSA) is 74.8 Å². The number of hydrogen-bond acceptors (Lipinski definition) is 3. The molecule has 2 aromatic carbocycles. The van der Waals surface area contributed by atoms with Gasteiger partial charge in [-0.25, -0.2) is 0 Å². The maximum Gasteiger partial charge on any atom is 0.226 e. The maximum absolute atomic E-state index is 13.1. The predicted octanol–water partition coefficient (Wildman–Crippen LogP) is 4.04. The third-order valence-electron chi connectivity index (χ3n) is 4.32. The van der Waals surface area contributed by atoms with Gasteiger partial charge < -0.3 is 5.32 Å². The third kappa shape index (κ3) is 2.72. The molecule has 1 aliphatic rings. The quantitative estimate of drug-likeness (QED) is 0.699. The van der Waals surface area contributed by atoms with Crippen molar-refractivity contribution < 1.29 is 9.59 Å². The number of nitrogens with one attached hydrogen (secondary N) is 2. The maximum atomic E-state index is 13.1. The lowest BCUT2D eigenvalue weighted by atomic mass is 9.84. The van der Waals surface area contributed by atoms with Crippen LogP contribution in [0.4, 0.5) is 5.82 Å². The SMILES string of the molecule is O=C1CC(C(=O)c2ccccc2Cl)c2c(n[nH]c2-c2ccccc2)N1. The summed E-state index contributed by atoms with van der Waals surface area (Å²) in [6.45, 7) is 0. The molecular weight excluding hydrogens is 338 g/mol. The van der Waals surface area contributed by atoms with Crippen LogP contribution in [-0.4, -0.2) is 21.9 Å². The summed E-state index contributed by atoms with van der Waals surface area (Å²) in [5.74, 6) is -0.637. The van der Waals surface area contributed by atoms with Crippen molar-refractivity contribution in [3.63, 3.8) is 0 Å². The first-order chi connectivity index (χ1) is 12.1. The number of amides is 1. The number of carbonyl (C=O) groups is 2. The van der Waals surface area contributed by atoms with Gasteiger partial charge in [-0.3, -0.25) is 14.7 Å². The van der Waals surface area contributed by atoms with E-state index in [1.807, 2.05) is 30.3 Å². The normalized spacial score (nSPS) is 16.2. The lowest BCUT2D eigenvalue weighted by Gasteiger charge is -2.22. The lowest BCUT2D eigenvalue weighted by Crippen LogP contribution is -2.27. The average molecular weight is 352 g/mol. The highest BCUT2D eigenvalue weighted by molar-refractivity contribution is 6.34. The van der Waals surface area contributed by atoms with Gasteiger partial charge in [0.15, 0.2) is 11.6 Å². The van der Waals surface area contributed by atoms with E-state index in [9.17, 15) is 9.59 Å². The zero-order valence-corrected chi connectivity index (χ0v) is 13.9. The van der Waals surface area contributed by atoms with Gasteiger partial charge in [-0.1, -0.05) is 54.1 Å². The minimum Gasteiger partial charge on any atom is -0.309 e. The van der Waals surface area contributed by atoms with Crippen molar-refractivity contribution in [1.29, 1.82) is 0 Å². The molecule has 5 nitrogen and oxygen atoms in total. The van der Waals surface area contributed by atoms with E-state index >= 15 is 0 Å². The summed E-state index contributed by atoms with van der Waals surface area (Å²) < 4.78 is 0. The smallest absolute Gasteiger partial charge is 0.226 e. The van der Waals surface area contributed by atoms with Gasteiger partial charge in [0.25, 0.3) is 0 Å². The standard InChI is InChI=1S/C19H14ClN3O2/c20-14-9-5-4-8-12(14)18(25)13-10-15(24)21-19-16(13)17(22-23-19)11-6-2-1-3-7-11/h1-9,13H,10H2,(H2,21,22,23,24). The van der Waals surface area contributed by atoms with Crippen LogP contribution in [0, 0.1) is 0 Å². The molecule has 6 heteroatoms. The summed E-state index contributed by atoms with van der Waals surface area (Å²) in [5.41, 5.74) is 2.76. The Kier molecular flexibility index (Phi) is 3.86. The van der Waals surface area contributed by atoms with Gasteiger partial charge in [-0.2, -0.15) is 5.10 Å². The van der Waals surface area contributed by atoms with Gasteiger partial charge >= 0.3 is 0 Å². The number of H-pyrrole nitrogens is 1. The first kappa shape index (κ1) is 15.6. The molecule has 4 rings (SSSR count). The molecule has 1 atom stereocenters. The summed E-state index contributed by atoms with van der Waals surface area (Å²) in [6, 6.07) is 16.5. The zero-order chi connectivity index (χ0) is 17.4. The largest absolute Gasteiger partial charge is 0.309 e. The van der Waals surface area contributed by atoms with Gasteiger partial charge in [0.2, 0.25) is 5.91 Å². The number of aromatic nitrogens is 2. The summed E-state index contributed by atoms with van der Waals surface area (Å²) in [5, 5.41) is 10.3. The monoisotopic (exact) mass is 351 g/mol. The fraction of sp³-hybridized carbons (Fsp3) is 0.105. The number of aromatic amines is 1. The van der Waals surface area contributed by atoms with E-state index in [4.69, 9.17) is 11.6 Å². The number of ketones is 1. The predicted molar refractivity (Wildman–Crippen MR) is 95.8 cm³/mol. The number of carbonyl (C=O) groups excluding carboxylic acids is 2. The first-order valence-corrected chi connectivity index (χ1v) is 8.25. The molecule has 0 bridgehead atoms. The second kappa shape index (κ2) is 6.18. The minimum absolute atomic E-state index is 0.0659. The van der Waals surface area contributed by atoms with Crippen molar-refractivity contribution in [3.05, 3.63) is 70.7 Å². The Morgan fingerprint density at radius 1 is 1.08 bits per heavy atom. The number of fused-ring (bicyclic) bond motifs is 1. The van der Waals surface area contributed by atoms with Gasteiger partial charge in [0.1, 0.15) is 0 Å². The molecular formula is C19H14ClN3O2. The molecule has 0 radical (unpaired) electrons. The molecule has 0 fully saturated rings. The van der Waals surface area contributed by atoms with Gasteiger partial charge in [0, 0.05) is 17.5 Å². The van der Waals surface area contributed by atoms with Crippen molar-refractivity contribution >= 4 is 29.1 Å². The van der Waals surface area contributed by atoms with Crippen LogP contribution in [0.25, 0.3) is 11.3 Å². The van der Waals surface area contributed by atoms with Crippen LogP contribution in [-0.2, 0) is 4.79 Å². The van der Waals surface area contributed by atoms with Crippen molar-refractivity contribution in [2.45, 2.75) is 12.3 Å². The molecule has 1 aliphatic heterocycles. The highest BCUT2D eigenvalue weighted by Crippen LogP contribution is 2.40. The van der Waals surface area contributed by atoms with E-state index in [1.54, 1.807) is 24.3 Å². The molecule has 1 amide bonds. The molecule has 1 aromatic heterocycles. The van der Waals surface area contributed by atoms with Crippen molar-refractivity contribution in [2.24, 2.45) is 0 Å². The minimum atomic E-state index is -0.627. The molecule has 2 N–H and O–H groups in total.